The zero-order chi connectivity index (χ0) is 5.98. The van der Waals surface area contributed by atoms with Crippen LogP contribution in [0.1, 0.15) is 6.92 Å². The summed E-state index contributed by atoms with van der Waals surface area (Å²) in [6.07, 6.45) is 1.96. The van der Waals surface area contributed by atoms with E-state index in [1.165, 1.54) is 11.8 Å². The number of nitrogens with zero attached hydrogens (tertiary/aromatic N) is 1. The van der Waals surface area contributed by atoms with E-state index in [2.05, 4.69) is 5.32 Å². The first-order chi connectivity index (χ1) is 3.83. The Bertz CT molecular complexity index is 151. The first-order valence-corrected chi connectivity index (χ1v) is 3.03. The summed E-state index contributed by atoms with van der Waals surface area (Å²) in [4.78, 5) is 0. The second-order valence-electron chi connectivity index (χ2n) is 1.41. The molecule has 0 spiro atoms. The minimum Gasteiger partial charge on any atom is -0.605 e. The monoisotopic (exact) mass is 127 g/mol. The highest BCUT2D eigenvalue weighted by Gasteiger charge is 2.02. The van der Waals surface area contributed by atoms with Crippen LogP contribution in [0.3, 0.4) is 0 Å². The highest BCUT2D eigenvalue weighted by molar-refractivity contribution is 8.06. The number of thioether (sulfide) groups is 1. The number of aliphatic hydroxyl groups excluding tert-OH is 1. The molecule has 0 bridgehead atoms. The van der Waals surface area contributed by atoms with E-state index in [-0.39, 0.29) is 0 Å². The molecular weight excluding hydrogens is 122 g/mol. The van der Waals surface area contributed by atoms with Gasteiger partial charge in [-0.15, -0.1) is 0 Å². The maximum absolute atomic E-state index is 8.25. The summed E-state index contributed by atoms with van der Waals surface area (Å²) in [6.45, 7) is 1.87. The quantitative estimate of drug-likeness (QED) is 0.399. The Balaban J connectivity index is 2.56. The van der Waals surface area contributed by atoms with Gasteiger partial charge in [0.25, 0.3) is 0 Å². The van der Waals surface area contributed by atoms with Gasteiger partial charge < -0.3 is 5.32 Å². The van der Waals surface area contributed by atoms with Crippen molar-refractivity contribution < 1.29 is 5.11 Å². The van der Waals surface area contributed by atoms with E-state index in [4.69, 9.17) is 5.11 Å². The maximum atomic E-state index is 8.25. The van der Waals surface area contributed by atoms with Gasteiger partial charge in [-0.05, 0) is 5.41 Å². The molecule has 0 fully saturated rings. The molecular formula is C5H5NOS. The molecule has 0 aliphatic carbocycles. The number of rotatable bonds is 0. The van der Waals surface area contributed by atoms with Crippen molar-refractivity contribution in [3.8, 4) is 0 Å². The van der Waals surface area contributed by atoms with Crippen LogP contribution in [0.2, 0.25) is 0 Å². The fourth-order valence-electron chi connectivity index (χ4n) is 0.405. The lowest BCUT2D eigenvalue weighted by Gasteiger charge is -2.04. The van der Waals surface area contributed by atoms with Gasteiger partial charge in [-0.25, -0.2) is 0 Å². The van der Waals surface area contributed by atoms with Crippen molar-refractivity contribution in [3.05, 3.63) is 27.7 Å². The Hall–Kier alpha value is -0.660. The van der Waals surface area contributed by atoms with E-state index in [0.717, 1.165) is 5.70 Å². The van der Waals surface area contributed by atoms with Crippen molar-refractivity contribution >= 4 is 11.8 Å². The first kappa shape index (κ1) is 5.48. The van der Waals surface area contributed by atoms with E-state index in [0.29, 0.717) is 5.03 Å². The molecule has 1 rings (SSSR count). The number of allylic oxidation sites excluding steroid dienone is 1. The molecule has 0 atom stereocenters. The van der Waals surface area contributed by atoms with Crippen LogP contribution in [-0.2, 0) is 0 Å². The van der Waals surface area contributed by atoms with Crippen LogP contribution >= 0.6 is 11.8 Å². The van der Waals surface area contributed by atoms with E-state index >= 15 is 0 Å². The van der Waals surface area contributed by atoms with Crippen LogP contribution in [0.4, 0.5) is 0 Å². The van der Waals surface area contributed by atoms with Crippen molar-refractivity contribution in [1.29, 1.82) is 0 Å². The zero-order valence-corrected chi connectivity index (χ0v) is 5.20. The first-order valence-electron chi connectivity index (χ1n) is 2.15. The van der Waals surface area contributed by atoms with Gasteiger partial charge in [-0.2, -0.15) is 5.70 Å². The lowest BCUT2D eigenvalue weighted by atomic mass is 10.6. The Labute approximate surface area is 52.3 Å². The SMILES string of the molecule is CC1=CSC(=[C+]O)[N-]1. The third kappa shape index (κ3) is 0.941. The third-order valence-corrected chi connectivity index (χ3v) is 1.58. The van der Waals surface area contributed by atoms with Crippen molar-refractivity contribution in [3.63, 3.8) is 0 Å². The topological polar surface area (TPSA) is 34.3 Å². The average molecular weight is 127 g/mol. The molecule has 1 aliphatic rings. The Morgan fingerprint density at radius 1 is 1.88 bits per heavy atom. The van der Waals surface area contributed by atoms with E-state index in [1.807, 2.05) is 18.6 Å². The molecule has 0 aromatic rings. The highest BCUT2D eigenvalue weighted by Crippen LogP contribution is 2.34. The molecule has 1 aliphatic heterocycles. The molecule has 0 saturated heterocycles. The van der Waals surface area contributed by atoms with Gasteiger partial charge in [0.1, 0.15) is 0 Å². The summed E-state index contributed by atoms with van der Waals surface area (Å²) < 4.78 is 0. The minimum atomic E-state index is 0.544. The second kappa shape index (κ2) is 2.07. The lowest BCUT2D eigenvalue weighted by Crippen LogP contribution is -1.65. The lowest BCUT2D eigenvalue weighted by molar-refractivity contribution is 0.440. The number of hydrogen-bond acceptors (Lipinski definition) is 2. The maximum Gasteiger partial charge on any atom is 0.473 e. The second-order valence-corrected chi connectivity index (χ2v) is 2.26. The van der Waals surface area contributed by atoms with Crippen LogP contribution < -0.4 is 0 Å². The van der Waals surface area contributed by atoms with Gasteiger partial charge in [0.2, 0.25) is 5.03 Å². The van der Waals surface area contributed by atoms with Crippen LogP contribution in [0.15, 0.2) is 16.1 Å². The largest absolute Gasteiger partial charge is 0.605 e. The predicted molar refractivity (Wildman–Crippen MR) is 34.1 cm³/mol. The summed E-state index contributed by atoms with van der Waals surface area (Å²) in [5, 5.41) is 14.5. The molecule has 42 valence electrons. The summed E-state index contributed by atoms with van der Waals surface area (Å²) in [5.74, 6) is 0. The molecule has 1 N–H and O–H groups in total. The van der Waals surface area contributed by atoms with Gasteiger partial charge in [0.15, 0.2) is 0 Å². The van der Waals surface area contributed by atoms with E-state index < -0.39 is 0 Å². The van der Waals surface area contributed by atoms with Crippen molar-refractivity contribution in [2.24, 2.45) is 0 Å². The van der Waals surface area contributed by atoms with Gasteiger partial charge in [-0.1, -0.05) is 18.7 Å². The van der Waals surface area contributed by atoms with Crippen molar-refractivity contribution in [2.45, 2.75) is 6.92 Å². The molecule has 0 amide bonds. The van der Waals surface area contributed by atoms with Crippen LogP contribution in [0.25, 0.3) is 5.32 Å². The summed E-state index contributed by atoms with van der Waals surface area (Å²) >= 11 is 1.38. The molecule has 0 radical (unpaired) electrons. The smallest absolute Gasteiger partial charge is 0.473 e. The van der Waals surface area contributed by atoms with Gasteiger partial charge in [0.05, 0.1) is 0 Å². The van der Waals surface area contributed by atoms with E-state index in [9.17, 15) is 0 Å². The fraction of sp³-hybridized carbons (Fsp3) is 0.200. The molecule has 1 heterocycles. The Kier molecular flexibility index (Phi) is 1.42. The molecule has 0 saturated carbocycles. The van der Waals surface area contributed by atoms with Gasteiger partial charge in [0, 0.05) is 0 Å². The van der Waals surface area contributed by atoms with Crippen molar-refractivity contribution in [2.75, 3.05) is 0 Å². The minimum absolute atomic E-state index is 0.544. The average Bonchev–Trinajstić information content (AvgIpc) is 2.14. The highest BCUT2D eigenvalue weighted by atomic mass is 32.2. The summed E-state index contributed by atoms with van der Waals surface area (Å²) in [5.41, 5.74) is 0.923. The number of hydrogen-bond donors (Lipinski definition) is 1. The van der Waals surface area contributed by atoms with E-state index in [1.54, 1.807) is 0 Å². The van der Waals surface area contributed by atoms with Crippen LogP contribution in [0, 0.1) is 6.26 Å². The molecule has 0 aromatic heterocycles. The van der Waals surface area contributed by atoms with Crippen molar-refractivity contribution in [1.82, 2.24) is 0 Å². The number of aliphatic hydroxyl groups is 1. The van der Waals surface area contributed by atoms with Gasteiger partial charge >= 0.3 is 6.26 Å². The summed E-state index contributed by atoms with van der Waals surface area (Å²) in [7, 11) is 0. The predicted octanol–water partition coefficient (Wildman–Crippen LogP) is 2.13. The Morgan fingerprint density at radius 2 is 2.62 bits per heavy atom. The Morgan fingerprint density at radius 3 is 2.88 bits per heavy atom. The standard InChI is InChI=1S/C5H5NOS/c1-4-3-8-5(2-7)6-4/h3,7H,1H3. The molecule has 2 nitrogen and oxygen atoms in total. The van der Waals surface area contributed by atoms with Gasteiger partial charge in [-0.3, -0.25) is 5.11 Å². The molecule has 3 heteroatoms. The molecule has 0 unspecified atom stereocenters. The summed E-state index contributed by atoms with van der Waals surface area (Å²) in [6, 6.07) is 0. The molecule has 8 heavy (non-hydrogen) atoms. The third-order valence-electron chi connectivity index (χ3n) is 0.715. The van der Waals surface area contributed by atoms with Crippen LogP contribution in [-0.4, -0.2) is 5.11 Å². The fourth-order valence-corrected chi connectivity index (χ4v) is 0.990. The zero-order valence-electron chi connectivity index (χ0n) is 4.38. The van der Waals surface area contributed by atoms with Crippen LogP contribution in [0.5, 0.6) is 0 Å². The molecule has 0 aromatic carbocycles. The normalized spacial score (nSPS) is 22.1.